The van der Waals surface area contributed by atoms with Crippen LogP contribution in [0, 0.1) is 0 Å². The van der Waals surface area contributed by atoms with Gasteiger partial charge in [0.25, 0.3) is 0 Å². The molecule has 312 valence electrons. The highest BCUT2D eigenvalue weighted by Gasteiger charge is 2.31. The lowest BCUT2D eigenvalue weighted by atomic mass is 10.0. The van der Waals surface area contributed by atoms with E-state index in [-0.39, 0.29) is 36.2 Å². The number of likely N-dealkylation sites (N-methyl/N-ethyl adjacent to an activating group) is 1. The van der Waals surface area contributed by atoms with Crippen molar-refractivity contribution in [2.45, 2.75) is 154 Å². The van der Waals surface area contributed by atoms with Crippen LogP contribution < -0.4 is 0 Å². The fourth-order valence-electron chi connectivity index (χ4n) is 5.72. The number of esters is 2. The summed E-state index contributed by atoms with van der Waals surface area (Å²) in [4.78, 5) is 36.9. The lowest BCUT2D eigenvalue weighted by molar-refractivity contribution is -0.887. The highest BCUT2D eigenvalue weighted by atomic mass is 16.6. The van der Waals surface area contributed by atoms with Gasteiger partial charge in [0.15, 0.2) is 12.1 Å². The van der Waals surface area contributed by atoms with Gasteiger partial charge in [-0.3, -0.25) is 9.59 Å². The van der Waals surface area contributed by atoms with Crippen molar-refractivity contribution in [2.24, 2.45) is 0 Å². The highest BCUT2D eigenvalue weighted by Crippen LogP contribution is 2.14. The second kappa shape index (κ2) is 37.4. The van der Waals surface area contributed by atoms with E-state index in [4.69, 9.17) is 14.2 Å². The summed E-state index contributed by atoms with van der Waals surface area (Å²) in [5.74, 6) is -1.54. The lowest BCUT2D eigenvalue weighted by Crippen LogP contribution is -2.50. The van der Waals surface area contributed by atoms with Gasteiger partial charge in [-0.05, 0) is 32.1 Å². The number of quaternary nitrogens is 1. The standard InChI is InChI=1S/C47H77NO7/c1-6-8-10-12-14-16-18-20-21-22-23-24-25-26-28-29-31-33-35-37-45(49)54-42-43(41-53-40-39-44(47(51)52)48(3,4)5)55-46(50)38-36-34-32-30-27-19-17-15-13-11-9-7-2/h8,10,12,14,16,18,20-26,28,43-44H,6-7,9,11,13,15,17,19,27,29-42H2,1-5H3/p+1/b10-8+,14-12+,18-16+,21-20+,23-22+,25-24+,28-26+. The minimum Gasteiger partial charge on any atom is -0.477 e. The van der Waals surface area contributed by atoms with E-state index in [9.17, 15) is 19.5 Å². The number of ether oxygens (including phenoxy) is 3. The van der Waals surface area contributed by atoms with Gasteiger partial charge in [-0.15, -0.1) is 0 Å². The Kier molecular flexibility index (Phi) is 35.1. The van der Waals surface area contributed by atoms with E-state index in [0.29, 0.717) is 19.3 Å². The Labute approximate surface area is 335 Å². The maximum absolute atomic E-state index is 12.7. The predicted molar refractivity (Wildman–Crippen MR) is 229 cm³/mol. The van der Waals surface area contributed by atoms with Crippen molar-refractivity contribution in [3.63, 3.8) is 0 Å². The van der Waals surface area contributed by atoms with Crippen LogP contribution in [0.5, 0.6) is 0 Å². The average molecular weight is 769 g/mol. The van der Waals surface area contributed by atoms with Gasteiger partial charge in [0.05, 0.1) is 34.4 Å². The molecule has 0 radical (unpaired) electrons. The van der Waals surface area contributed by atoms with Gasteiger partial charge in [0.2, 0.25) is 0 Å². The van der Waals surface area contributed by atoms with Crippen molar-refractivity contribution in [1.82, 2.24) is 0 Å². The summed E-state index contributed by atoms with van der Waals surface area (Å²) in [5.41, 5.74) is 0. The molecular formula is C47H78NO7+. The monoisotopic (exact) mass is 769 g/mol. The van der Waals surface area contributed by atoms with Crippen LogP contribution in [0.1, 0.15) is 142 Å². The quantitative estimate of drug-likeness (QED) is 0.0293. The third-order valence-electron chi connectivity index (χ3n) is 9.00. The summed E-state index contributed by atoms with van der Waals surface area (Å²) in [6.07, 6.45) is 47.6. The van der Waals surface area contributed by atoms with Crippen molar-refractivity contribution in [1.29, 1.82) is 0 Å². The number of carbonyl (C=O) groups is 3. The van der Waals surface area contributed by atoms with Gasteiger partial charge in [0.1, 0.15) is 6.61 Å². The van der Waals surface area contributed by atoms with E-state index in [0.717, 1.165) is 51.4 Å². The molecule has 1 N–H and O–H groups in total. The first-order valence-corrected chi connectivity index (χ1v) is 21.2. The van der Waals surface area contributed by atoms with Crippen LogP contribution in [-0.2, 0) is 28.6 Å². The zero-order valence-corrected chi connectivity index (χ0v) is 35.3. The van der Waals surface area contributed by atoms with Crippen molar-refractivity contribution >= 4 is 17.9 Å². The molecule has 0 amide bonds. The number of carboxylic acid groups (broad SMARTS) is 1. The minimum absolute atomic E-state index is 0.0425. The summed E-state index contributed by atoms with van der Waals surface area (Å²) in [6, 6.07) is -0.624. The van der Waals surface area contributed by atoms with Crippen molar-refractivity contribution in [2.75, 3.05) is 41.0 Å². The SMILES string of the molecule is CC/C=C/C=C/C=C/C=C/C=C/C=C/C=C/CCCCCC(=O)OCC(COCCC(C(=O)O)[N+](C)(C)C)OC(=O)CCCCCCCCCCCCCC. The van der Waals surface area contributed by atoms with Gasteiger partial charge >= 0.3 is 17.9 Å². The second-order valence-corrected chi connectivity index (χ2v) is 15.1. The van der Waals surface area contributed by atoms with Gasteiger partial charge < -0.3 is 23.8 Å². The smallest absolute Gasteiger partial charge is 0.362 e. The van der Waals surface area contributed by atoms with E-state index in [1.165, 1.54) is 57.8 Å². The van der Waals surface area contributed by atoms with Gasteiger partial charge in [0, 0.05) is 19.3 Å². The number of rotatable bonds is 36. The Hall–Kier alpha value is -3.49. The average Bonchev–Trinajstić information content (AvgIpc) is 3.14. The molecule has 0 fully saturated rings. The molecular weight excluding hydrogens is 691 g/mol. The third-order valence-corrected chi connectivity index (χ3v) is 9.00. The Bertz CT molecular complexity index is 1170. The number of nitrogens with zero attached hydrogens (tertiary/aromatic N) is 1. The second-order valence-electron chi connectivity index (χ2n) is 15.1. The number of carbonyl (C=O) groups excluding carboxylic acids is 2. The first-order chi connectivity index (χ1) is 26.6. The summed E-state index contributed by atoms with van der Waals surface area (Å²) < 4.78 is 17.2. The highest BCUT2D eigenvalue weighted by molar-refractivity contribution is 5.72. The van der Waals surface area contributed by atoms with Crippen LogP contribution in [-0.4, -0.2) is 80.6 Å². The van der Waals surface area contributed by atoms with Crippen LogP contribution in [0.15, 0.2) is 85.1 Å². The molecule has 0 aliphatic heterocycles. The number of unbranched alkanes of at least 4 members (excludes halogenated alkanes) is 14. The van der Waals surface area contributed by atoms with Crippen LogP contribution in [0.4, 0.5) is 0 Å². The van der Waals surface area contributed by atoms with Crippen LogP contribution in [0.3, 0.4) is 0 Å². The van der Waals surface area contributed by atoms with Gasteiger partial charge in [-0.25, -0.2) is 4.79 Å². The fraction of sp³-hybridized carbons (Fsp3) is 0.638. The van der Waals surface area contributed by atoms with E-state index in [1.54, 1.807) is 0 Å². The Morgan fingerprint density at radius 2 is 1.02 bits per heavy atom. The molecule has 0 aliphatic carbocycles. The Morgan fingerprint density at radius 3 is 1.51 bits per heavy atom. The number of aliphatic carboxylic acids is 1. The van der Waals surface area contributed by atoms with E-state index >= 15 is 0 Å². The molecule has 0 rings (SSSR count). The summed E-state index contributed by atoms with van der Waals surface area (Å²) in [7, 11) is 5.50. The number of hydrogen-bond donors (Lipinski definition) is 1. The maximum atomic E-state index is 12.7. The normalized spacial score (nSPS) is 13.8. The number of allylic oxidation sites excluding steroid dienone is 14. The van der Waals surface area contributed by atoms with Crippen LogP contribution >= 0.6 is 0 Å². The third kappa shape index (κ3) is 35.9. The molecule has 0 saturated carbocycles. The van der Waals surface area contributed by atoms with E-state index < -0.39 is 18.1 Å². The van der Waals surface area contributed by atoms with E-state index in [1.807, 2.05) is 94.1 Å². The van der Waals surface area contributed by atoms with Crippen molar-refractivity contribution in [3.8, 4) is 0 Å². The maximum Gasteiger partial charge on any atom is 0.362 e. The first-order valence-electron chi connectivity index (χ1n) is 21.2. The molecule has 0 aromatic rings. The molecule has 0 aromatic heterocycles. The number of carboxylic acids is 1. The molecule has 0 spiro atoms. The molecule has 0 saturated heterocycles. The molecule has 55 heavy (non-hydrogen) atoms. The van der Waals surface area contributed by atoms with Gasteiger partial charge in [-0.2, -0.15) is 0 Å². The molecule has 0 heterocycles. The zero-order valence-electron chi connectivity index (χ0n) is 35.3. The number of hydrogen-bond acceptors (Lipinski definition) is 6. The summed E-state index contributed by atoms with van der Waals surface area (Å²) in [6.45, 7) is 4.52. The predicted octanol–water partition coefficient (Wildman–Crippen LogP) is 11.4. The van der Waals surface area contributed by atoms with E-state index in [2.05, 4.69) is 26.0 Å². The zero-order chi connectivity index (χ0) is 40.7. The van der Waals surface area contributed by atoms with Crippen molar-refractivity contribution < 1.29 is 38.2 Å². The first kappa shape index (κ1) is 51.5. The molecule has 0 aromatic carbocycles. The minimum atomic E-state index is -0.885. The fourth-order valence-corrected chi connectivity index (χ4v) is 5.72. The molecule has 2 atom stereocenters. The molecule has 0 bridgehead atoms. The summed E-state index contributed by atoms with van der Waals surface area (Å²) in [5, 5.41) is 9.60. The molecule has 8 heteroatoms. The lowest BCUT2D eigenvalue weighted by Gasteiger charge is -2.31. The van der Waals surface area contributed by atoms with Gasteiger partial charge in [-0.1, -0.05) is 176 Å². The molecule has 0 aliphatic rings. The van der Waals surface area contributed by atoms with Crippen LogP contribution in [0.2, 0.25) is 0 Å². The Morgan fingerprint density at radius 1 is 0.564 bits per heavy atom. The Balaban J connectivity index is 4.48. The van der Waals surface area contributed by atoms with Crippen LogP contribution in [0.25, 0.3) is 0 Å². The molecule has 8 nitrogen and oxygen atoms in total. The van der Waals surface area contributed by atoms with Crippen molar-refractivity contribution in [3.05, 3.63) is 85.1 Å². The summed E-state index contributed by atoms with van der Waals surface area (Å²) >= 11 is 0. The largest absolute Gasteiger partial charge is 0.477 e. The molecule has 2 unspecified atom stereocenters. The topological polar surface area (TPSA) is 99.1 Å².